The fraction of sp³-hybridized carbons (Fsp3) is 0.455. The van der Waals surface area contributed by atoms with Crippen LogP contribution in [0.15, 0.2) is 48.5 Å². The number of hydrogen-bond donors (Lipinski definition) is 0. The van der Waals surface area contributed by atoms with Gasteiger partial charge in [0.2, 0.25) is 0 Å². The highest BCUT2D eigenvalue weighted by atomic mass is 31.1. The van der Waals surface area contributed by atoms with E-state index in [1.54, 1.807) is 21.7 Å². The summed E-state index contributed by atoms with van der Waals surface area (Å²) in [7, 11) is -0.357. The van der Waals surface area contributed by atoms with E-state index >= 15 is 0 Å². The molecule has 2 aromatic rings. The molecule has 0 saturated carbocycles. The molecule has 0 aliphatic heterocycles. The third-order valence-electron chi connectivity index (χ3n) is 4.17. The summed E-state index contributed by atoms with van der Waals surface area (Å²) >= 11 is 0. The number of aryl methyl sites for hydroxylation is 2. The van der Waals surface area contributed by atoms with E-state index in [9.17, 15) is 0 Å². The minimum atomic E-state index is -0.357. The molecule has 0 radical (unpaired) electrons. The Balaban J connectivity index is 2.60. The maximum absolute atomic E-state index is 2.41. The first-order valence-corrected chi connectivity index (χ1v) is 10.3. The largest absolute Gasteiger partial charge is 0.0651 e. The van der Waals surface area contributed by atoms with Crippen LogP contribution >= 0.6 is 7.92 Å². The van der Waals surface area contributed by atoms with Gasteiger partial charge in [0.1, 0.15) is 0 Å². The van der Waals surface area contributed by atoms with Gasteiger partial charge in [0.25, 0.3) is 0 Å². The van der Waals surface area contributed by atoms with Crippen LogP contribution in [0.25, 0.3) is 0 Å². The number of hydrogen-bond acceptors (Lipinski definition) is 0. The Bertz CT molecular complexity index is 572. The summed E-state index contributed by atoms with van der Waals surface area (Å²) < 4.78 is 0. The molecule has 0 spiro atoms. The highest BCUT2D eigenvalue weighted by Gasteiger charge is 2.30. The van der Waals surface area contributed by atoms with Crippen molar-refractivity contribution in [3.05, 3.63) is 59.7 Å². The zero-order valence-electron chi connectivity index (χ0n) is 15.4. The van der Waals surface area contributed by atoms with Crippen molar-refractivity contribution in [2.45, 2.75) is 65.5 Å². The van der Waals surface area contributed by atoms with Crippen molar-refractivity contribution in [2.75, 3.05) is 0 Å². The standard InChI is InChI=1S/C22H31P/c1-6-12-18-14-8-10-16-20(18)23(22(3,4)5)21-17-11-9-15-19(21)13-7-2/h8-11,14-17H,6-7,12-13H2,1-5H3. The Morgan fingerprint density at radius 3 is 1.43 bits per heavy atom. The second-order valence-corrected chi connectivity index (χ2v) is 10.2. The Morgan fingerprint density at radius 1 is 0.696 bits per heavy atom. The lowest BCUT2D eigenvalue weighted by molar-refractivity contribution is 0.792. The normalized spacial score (nSPS) is 11.9. The van der Waals surface area contributed by atoms with Gasteiger partial charge in [-0.15, -0.1) is 0 Å². The van der Waals surface area contributed by atoms with E-state index in [-0.39, 0.29) is 13.1 Å². The summed E-state index contributed by atoms with van der Waals surface area (Å²) in [5.74, 6) is 0. The van der Waals surface area contributed by atoms with Gasteiger partial charge < -0.3 is 0 Å². The SMILES string of the molecule is CCCc1ccccc1P(c1ccccc1CCC)C(C)(C)C. The quantitative estimate of drug-likeness (QED) is 0.586. The third kappa shape index (κ3) is 4.45. The predicted molar refractivity (Wildman–Crippen MR) is 107 cm³/mol. The average molecular weight is 326 g/mol. The topological polar surface area (TPSA) is 0 Å². The monoisotopic (exact) mass is 326 g/mol. The molecule has 0 aliphatic carbocycles. The summed E-state index contributed by atoms with van der Waals surface area (Å²) in [6.07, 6.45) is 4.78. The fourth-order valence-electron chi connectivity index (χ4n) is 3.27. The molecule has 2 aromatic carbocycles. The van der Waals surface area contributed by atoms with Crippen molar-refractivity contribution >= 4 is 18.5 Å². The molecular formula is C22H31P. The van der Waals surface area contributed by atoms with Crippen molar-refractivity contribution in [3.8, 4) is 0 Å². The van der Waals surface area contributed by atoms with E-state index in [4.69, 9.17) is 0 Å². The van der Waals surface area contributed by atoms with Gasteiger partial charge in [-0.05, 0) is 47.7 Å². The van der Waals surface area contributed by atoms with E-state index in [2.05, 4.69) is 83.1 Å². The van der Waals surface area contributed by atoms with Crippen LogP contribution in [0.2, 0.25) is 0 Å². The lowest BCUT2D eigenvalue weighted by Gasteiger charge is -2.35. The van der Waals surface area contributed by atoms with E-state index < -0.39 is 0 Å². The number of rotatable bonds is 6. The van der Waals surface area contributed by atoms with Crippen LogP contribution in [-0.4, -0.2) is 5.16 Å². The fourth-order valence-corrected chi connectivity index (χ4v) is 6.39. The summed E-state index contributed by atoms with van der Waals surface area (Å²) in [6, 6.07) is 18.3. The molecule has 0 heterocycles. The third-order valence-corrected chi connectivity index (χ3v) is 7.35. The predicted octanol–water partition coefficient (Wildman–Crippen LogP) is 5.82. The molecule has 0 saturated heterocycles. The minimum Gasteiger partial charge on any atom is -0.0651 e. The molecule has 0 aliphatic rings. The van der Waals surface area contributed by atoms with E-state index in [0.29, 0.717) is 0 Å². The van der Waals surface area contributed by atoms with Gasteiger partial charge in [-0.25, -0.2) is 0 Å². The molecule has 0 fully saturated rings. The van der Waals surface area contributed by atoms with Gasteiger partial charge >= 0.3 is 0 Å². The van der Waals surface area contributed by atoms with Crippen molar-refractivity contribution in [1.82, 2.24) is 0 Å². The second kappa shape index (κ2) is 8.11. The second-order valence-electron chi connectivity index (χ2n) is 7.26. The molecule has 1 heteroatoms. The average Bonchev–Trinajstić information content (AvgIpc) is 2.50. The van der Waals surface area contributed by atoms with Crippen molar-refractivity contribution in [1.29, 1.82) is 0 Å². The van der Waals surface area contributed by atoms with Crippen LogP contribution in [0.5, 0.6) is 0 Å². The van der Waals surface area contributed by atoms with Crippen LogP contribution < -0.4 is 10.6 Å². The van der Waals surface area contributed by atoms with Crippen LogP contribution in [0.3, 0.4) is 0 Å². The molecule has 0 unspecified atom stereocenters. The lowest BCUT2D eigenvalue weighted by Crippen LogP contribution is -2.30. The molecule has 0 nitrogen and oxygen atoms in total. The Hall–Kier alpha value is -1.13. The molecule has 2 rings (SSSR count). The van der Waals surface area contributed by atoms with E-state index in [1.807, 2.05) is 0 Å². The van der Waals surface area contributed by atoms with Crippen LogP contribution in [0, 0.1) is 0 Å². The smallest absolute Gasteiger partial charge is 0.00989 e. The van der Waals surface area contributed by atoms with Crippen molar-refractivity contribution in [2.24, 2.45) is 0 Å². The van der Waals surface area contributed by atoms with Crippen molar-refractivity contribution in [3.63, 3.8) is 0 Å². The molecule has 124 valence electrons. The maximum Gasteiger partial charge on any atom is -0.00989 e. The first-order valence-electron chi connectivity index (χ1n) is 8.95. The Labute approximate surface area is 144 Å². The van der Waals surface area contributed by atoms with Crippen LogP contribution in [0.4, 0.5) is 0 Å². The van der Waals surface area contributed by atoms with E-state index in [1.165, 1.54) is 25.7 Å². The van der Waals surface area contributed by atoms with E-state index in [0.717, 1.165) is 0 Å². The highest BCUT2D eigenvalue weighted by Crippen LogP contribution is 2.49. The first-order chi connectivity index (χ1) is 11.0. The number of benzene rings is 2. The van der Waals surface area contributed by atoms with Gasteiger partial charge in [-0.3, -0.25) is 0 Å². The molecule has 0 atom stereocenters. The molecule has 0 aromatic heterocycles. The van der Waals surface area contributed by atoms with Gasteiger partial charge in [0.15, 0.2) is 0 Å². The minimum absolute atomic E-state index is 0.267. The molecule has 0 N–H and O–H groups in total. The lowest BCUT2D eigenvalue weighted by atomic mass is 10.1. The summed E-state index contributed by atoms with van der Waals surface area (Å²) in [4.78, 5) is 0. The Kier molecular flexibility index (Phi) is 6.42. The molecule has 0 bridgehead atoms. The summed E-state index contributed by atoms with van der Waals surface area (Å²) in [6.45, 7) is 11.8. The van der Waals surface area contributed by atoms with Crippen LogP contribution in [0.1, 0.15) is 58.6 Å². The summed E-state index contributed by atoms with van der Waals surface area (Å²) in [5, 5.41) is 3.43. The summed E-state index contributed by atoms with van der Waals surface area (Å²) in [5.41, 5.74) is 3.09. The van der Waals surface area contributed by atoms with Gasteiger partial charge in [0.05, 0.1) is 0 Å². The van der Waals surface area contributed by atoms with Gasteiger partial charge in [0, 0.05) is 0 Å². The van der Waals surface area contributed by atoms with Crippen LogP contribution in [-0.2, 0) is 12.8 Å². The molecule has 0 amide bonds. The first kappa shape index (κ1) is 18.2. The zero-order chi connectivity index (χ0) is 16.9. The Morgan fingerprint density at radius 2 is 1.09 bits per heavy atom. The molecular weight excluding hydrogens is 295 g/mol. The van der Waals surface area contributed by atoms with Gasteiger partial charge in [-0.2, -0.15) is 0 Å². The highest BCUT2D eigenvalue weighted by molar-refractivity contribution is 7.74. The van der Waals surface area contributed by atoms with Crippen molar-refractivity contribution < 1.29 is 0 Å². The van der Waals surface area contributed by atoms with Gasteiger partial charge in [-0.1, -0.05) is 96.0 Å². The zero-order valence-corrected chi connectivity index (χ0v) is 16.3. The maximum atomic E-state index is 2.41. The molecule has 23 heavy (non-hydrogen) atoms.